The molecular weight excluding hydrogens is 364 g/mol. The van der Waals surface area contributed by atoms with Gasteiger partial charge in [0.25, 0.3) is 0 Å². The van der Waals surface area contributed by atoms with E-state index >= 15 is 0 Å². The van der Waals surface area contributed by atoms with Crippen LogP contribution in [0.1, 0.15) is 48.9 Å². The zero-order chi connectivity index (χ0) is 20.0. The van der Waals surface area contributed by atoms with Crippen molar-refractivity contribution in [2.24, 2.45) is 5.41 Å². The van der Waals surface area contributed by atoms with E-state index in [1.54, 1.807) is 4.90 Å². The Morgan fingerprint density at radius 2 is 1.93 bits per heavy atom. The molecule has 2 fully saturated rings. The number of fused-ring (bicyclic) bond motifs is 1. The Kier molecular flexibility index (Phi) is 4.54. The minimum absolute atomic E-state index is 0.337. The second-order valence-electron chi connectivity index (χ2n) is 8.91. The van der Waals surface area contributed by atoms with Gasteiger partial charge in [0.15, 0.2) is 5.82 Å². The Morgan fingerprint density at radius 1 is 1.21 bits per heavy atom. The lowest BCUT2D eigenvalue weighted by atomic mass is 9.71. The number of aromatic nitrogens is 2. The summed E-state index contributed by atoms with van der Waals surface area (Å²) in [5, 5.41) is 9.17. The van der Waals surface area contributed by atoms with E-state index < -0.39 is 6.09 Å². The topological polar surface area (TPSA) is 69.6 Å². The molecule has 29 heavy (non-hydrogen) atoms. The highest BCUT2D eigenvalue weighted by Crippen LogP contribution is 2.48. The minimum atomic E-state index is -0.773. The number of likely N-dealkylation sites (tertiary alicyclic amines) is 2. The highest BCUT2D eigenvalue weighted by molar-refractivity contribution is 5.65. The van der Waals surface area contributed by atoms with Gasteiger partial charge in [-0.1, -0.05) is 19.1 Å². The lowest BCUT2D eigenvalue weighted by Gasteiger charge is -2.56. The number of carbonyl (C=O) groups is 1. The van der Waals surface area contributed by atoms with Crippen molar-refractivity contribution in [1.29, 1.82) is 0 Å². The third kappa shape index (κ3) is 3.29. The number of carboxylic acid groups (broad SMARTS) is 1. The van der Waals surface area contributed by atoms with Crippen molar-refractivity contribution in [3.63, 3.8) is 0 Å². The summed E-state index contributed by atoms with van der Waals surface area (Å²) in [5.41, 5.74) is 5.49. The smallest absolute Gasteiger partial charge is 0.407 e. The quantitative estimate of drug-likeness (QED) is 0.861. The molecule has 0 unspecified atom stereocenters. The summed E-state index contributed by atoms with van der Waals surface area (Å²) in [4.78, 5) is 24.4. The lowest BCUT2D eigenvalue weighted by Crippen LogP contribution is -2.61. The van der Waals surface area contributed by atoms with E-state index in [1.165, 1.54) is 17.5 Å². The van der Waals surface area contributed by atoms with E-state index in [1.807, 2.05) is 12.4 Å². The molecule has 0 radical (unpaired) electrons. The Hall–Kier alpha value is -2.47. The Bertz CT molecular complexity index is 911. The van der Waals surface area contributed by atoms with E-state index in [2.05, 4.69) is 40.0 Å². The van der Waals surface area contributed by atoms with E-state index in [4.69, 9.17) is 0 Å². The zero-order valence-corrected chi connectivity index (χ0v) is 17.0. The van der Waals surface area contributed by atoms with Crippen molar-refractivity contribution in [3.05, 3.63) is 47.3 Å². The van der Waals surface area contributed by atoms with Crippen molar-refractivity contribution in [3.8, 4) is 11.4 Å². The van der Waals surface area contributed by atoms with Gasteiger partial charge in [0, 0.05) is 50.2 Å². The number of benzene rings is 1. The van der Waals surface area contributed by atoms with Crippen LogP contribution in [0.2, 0.25) is 0 Å². The van der Waals surface area contributed by atoms with Crippen LogP contribution in [0.3, 0.4) is 0 Å². The van der Waals surface area contributed by atoms with Crippen LogP contribution in [0.15, 0.2) is 30.6 Å². The number of piperidine rings is 1. The summed E-state index contributed by atoms with van der Waals surface area (Å²) in [7, 11) is 0. The molecule has 5 rings (SSSR count). The van der Waals surface area contributed by atoms with Crippen LogP contribution in [0.4, 0.5) is 4.79 Å². The van der Waals surface area contributed by atoms with Gasteiger partial charge in [-0.3, -0.25) is 4.90 Å². The van der Waals surface area contributed by atoms with Gasteiger partial charge in [-0.2, -0.15) is 0 Å². The van der Waals surface area contributed by atoms with Crippen molar-refractivity contribution in [2.45, 2.75) is 45.1 Å². The monoisotopic (exact) mass is 392 g/mol. The van der Waals surface area contributed by atoms with Crippen molar-refractivity contribution >= 4 is 6.09 Å². The summed E-state index contributed by atoms with van der Waals surface area (Å²) in [5.74, 6) is 0.807. The molecule has 0 saturated carbocycles. The number of rotatable bonds is 3. The first-order valence-electron chi connectivity index (χ1n) is 10.7. The molecule has 152 valence electrons. The van der Waals surface area contributed by atoms with E-state index in [9.17, 15) is 9.90 Å². The normalized spacial score (nSPS) is 23.1. The largest absolute Gasteiger partial charge is 0.465 e. The third-order valence-corrected chi connectivity index (χ3v) is 7.17. The molecular formula is C23H28N4O2. The summed E-state index contributed by atoms with van der Waals surface area (Å²) in [6, 6.07) is 7.22. The van der Waals surface area contributed by atoms with Crippen LogP contribution in [0, 0.1) is 5.41 Å². The lowest BCUT2D eigenvalue weighted by molar-refractivity contribution is -0.0664. The van der Waals surface area contributed by atoms with E-state index in [-0.39, 0.29) is 0 Å². The average Bonchev–Trinajstić information content (AvgIpc) is 3.15. The van der Waals surface area contributed by atoms with Crippen LogP contribution in [0.5, 0.6) is 0 Å². The summed E-state index contributed by atoms with van der Waals surface area (Å²) in [6.45, 7) is 5.69. The second kappa shape index (κ2) is 7.10. The minimum Gasteiger partial charge on any atom is -0.465 e. The number of aryl methyl sites for hydroxylation is 2. The van der Waals surface area contributed by atoms with Crippen LogP contribution >= 0.6 is 0 Å². The first-order valence-corrected chi connectivity index (χ1v) is 10.7. The molecule has 1 spiro atoms. The molecule has 1 aliphatic carbocycles. The van der Waals surface area contributed by atoms with Crippen molar-refractivity contribution < 1.29 is 9.90 Å². The molecule has 1 atom stereocenters. The molecule has 0 bridgehead atoms. The molecule has 1 aromatic heterocycles. The fourth-order valence-corrected chi connectivity index (χ4v) is 5.32. The summed E-state index contributed by atoms with van der Waals surface area (Å²) >= 11 is 0. The van der Waals surface area contributed by atoms with Gasteiger partial charge in [0.05, 0.1) is 0 Å². The molecule has 3 aliphatic rings. The Balaban J connectivity index is 1.26. The first kappa shape index (κ1) is 18.6. The van der Waals surface area contributed by atoms with Crippen LogP contribution < -0.4 is 0 Å². The highest BCUT2D eigenvalue weighted by Gasteiger charge is 2.48. The maximum Gasteiger partial charge on any atom is 0.407 e. The fourth-order valence-electron chi connectivity index (χ4n) is 5.32. The SMILES string of the molecule is CCc1cnc(-c2ccc3c(c2)CC[C@H]3N2CC3(CCN(C(=O)O)CC3)C2)nc1. The Morgan fingerprint density at radius 3 is 2.59 bits per heavy atom. The van der Waals surface area contributed by atoms with Crippen molar-refractivity contribution in [2.75, 3.05) is 26.2 Å². The van der Waals surface area contributed by atoms with Gasteiger partial charge < -0.3 is 10.0 Å². The van der Waals surface area contributed by atoms with Crippen molar-refractivity contribution in [1.82, 2.24) is 19.8 Å². The predicted molar refractivity (Wildman–Crippen MR) is 111 cm³/mol. The van der Waals surface area contributed by atoms with Gasteiger partial charge in [0.1, 0.15) is 0 Å². The molecule has 1 N–H and O–H groups in total. The second-order valence-corrected chi connectivity index (χ2v) is 8.91. The first-order chi connectivity index (χ1) is 14.1. The number of nitrogens with zero attached hydrogens (tertiary/aromatic N) is 4. The summed E-state index contributed by atoms with van der Waals surface area (Å²) < 4.78 is 0. The number of hydrogen-bond donors (Lipinski definition) is 1. The zero-order valence-electron chi connectivity index (χ0n) is 17.0. The van der Waals surface area contributed by atoms with E-state index in [0.717, 1.165) is 55.7 Å². The Labute approximate surface area is 171 Å². The average molecular weight is 393 g/mol. The van der Waals surface area contributed by atoms with Gasteiger partial charge in [0.2, 0.25) is 0 Å². The van der Waals surface area contributed by atoms with Crippen LogP contribution in [-0.4, -0.2) is 57.1 Å². The fraction of sp³-hybridized carbons (Fsp3) is 0.522. The molecule has 6 nitrogen and oxygen atoms in total. The van der Waals surface area contributed by atoms with Crippen LogP contribution in [0.25, 0.3) is 11.4 Å². The number of hydrogen-bond acceptors (Lipinski definition) is 4. The molecule has 2 saturated heterocycles. The summed E-state index contributed by atoms with van der Waals surface area (Å²) in [6.07, 6.45) is 8.31. The predicted octanol–water partition coefficient (Wildman–Crippen LogP) is 3.77. The highest BCUT2D eigenvalue weighted by atomic mass is 16.4. The van der Waals surface area contributed by atoms with Gasteiger partial charge in [-0.25, -0.2) is 14.8 Å². The molecule has 1 amide bonds. The molecule has 6 heteroatoms. The maximum absolute atomic E-state index is 11.2. The molecule has 2 aliphatic heterocycles. The van der Waals surface area contributed by atoms with Gasteiger partial charge >= 0.3 is 6.09 Å². The molecule has 1 aromatic carbocycles. The van der Waals surface area contributed by atoms with Gasteiger partial charge in [-0.05, 0) is 60.3 Å². The van der Waals surface area contributed by atoms with Gasteiger partial charge in [-0.15, -0.1) is 0 Å². The maximum atomic E-state index is 11.2. The van der Waals surface area contributed by atoms with E-state index in [0.29, 0.717) is 24.5 Å². The number of amides is 1. The standard InChI is InChI=1S/C23H28N4O2/c1-2-16-12-24-21(25-13-16)18-3-5-19-17(11-18)4-6-20(19)27-14-23(15-27)7-9-26(10-8-23)22(28)29/h3,5,11-13,20H,2,4,6-10,14-15H2,1H3,(H,28,29)/t20-/m1/s1. The molecule has 3 heterocycles. The molecule has 2 aromatic rings. The van der Waals surface area contributed by atoms with Crippen LogP contribution in [-0.2, 0) is 12.8 Å². The third-order valence-electron chi connectivity index (χ3n) is 7.17.